The van der Waals surface area contributed by atoms with E-state index in [1.165, 1.54) is 5.56 Å². The Balaban J connectivity index is 1.19. The van der Waals surface area contributed by atoms with Crippen LogP contribution in [-0.4, -0.2) is 50.3 Å². The van der Waals surface area contributed by atoms with Crippen LogP contribution in [0.25, 0.3) is 0 Å². The second kappa shape index (κ2) is 6.67. The average Bonchev–Trinajstić information content (AvgIpc) is 3.61. The second-order valence-corrected chi connectivity index (χ2v) is 12.4. The van der Waals surface area contributed by atoms with Gasteiger partial charge in [0, 0.05) is 29.3 Å². The van der Waals surface area contributed by atoms with Gasteiger partial charge < -0.3 is 15.3 Å². The number of aliphatic hydroxyl groups excluding tert-OH is 1. The largest absolute Gasteiger partial charge is 0.394 e. The monoisotopic (exact) mass is 470 g/mol. The number of rotatable bonds is 5. The van der Waals surface area contributed by atoms with E-state index >= 15 is 0 Å². The first-order chi connectivity index (χ1) is 15.5. The first-order valence-electron chi connectivity index (χ1n) is 11.7. The fourth-order valence-electron chi connectivity index (χ4n) is 6.21. The van der Waals surface area contributed by atoms with E-state index in [4.69, 9.17) is 21.6 Å². The van der Waals surface area contributed by atoms with Crippen LogP contribution < -0.4 is 10.2 Å². The molecule has 3 aliphatic carbocycles. The van der Waals surface area contributed by atoms with Crippen molar-refractivity contribution in [2.24, 2.45) is 11.8 Å². The van der Waals surface area contributed by atoms with Crippen LogP contribution in [0.4, 0.5) is 11.8 Å². The number of piperidine rings is 1. The van der Waals surface area contributed by atoms with E-state index in [-0.39, 0.29) is 17.6 Å². The molecule has 1 aromatic carbocycles. The van der Waals surface area contributed by atoms with Crippen LogP contribution >= 0.6 is 11.6 Å². The molecule has 168 valence electrons. The van der Waals surface area contributed by atoms with Gasteiger partial charge in [0.05, 0.1) is 28.6 Å². The van der Waals surface area contributed by atoms with Crippen LogP contribution in [0, 0.1) is 11.8 Å². The molecule has 2 aliphatic heterocycles. The molecular formula is C24H27ClN4O2S. The predicted octanol–water partition coefficient (Wildman–Crippen LogP) is 3.46. The Kier molecular flexibility index (Phi) is 4.12. The van der Waals surface area contributed by atoms with Crippen molar-refractivity contribution >= 4 is 34.2 Å². The van der Waals surface area contributed by atoms with Crippen molar-refractivity contribution in [2.45, 2.75) is 53.9 Å². The van der Waals surface area contributed by atoms with Crippen molar-refractivity contribution < 1.29 is 9.32 Å². The van der Waals surface area contributed by atoms with E-state index in [0.29, 0.717) is 29.3 Å². The van der Waals surface area contributed by atoms with Gasteiger partial charge in [0.1, 0.15) is 10.7 Å². The summed E-state index contributed by atoms with van der Waals surface area (Å²) in [6.45, 7) is 1.99. The fraction of sp³-hybridized carbons (Fsp3) is 0.583. The zero-order valence-electron chi connectivity index (χ0n) is 17.9. The number of halogens is 1. The van der Waals surface area contributed by atoms with Crippen molar-refractivity contribution in [1.82, 2.24) is 9.97 Å². The summed E-state index contributed by atoms with van der Waals surface area (Å²) >= 11 is 6.06. The Morgan fingerprint density at radius 2 is 1.84 bits per heavy atom. The molecule has 1 spiro atoms. The smallest absolute Gasteiger partial charge is 0.227 e. The highest BCUT2D eigenvalue weighted by Crippen LogP contribution is 2.60. The van der Waals surface area contributed by atoms with Crippen LogP contribution in [0.3, 0.4) is 0 Å². The second-order valence-electron chi connectivity index (χ2n) is 10.5. The highest BCUT2D eigenvalue weighted by atomic mass is 35.5. The van der Waals surface area contributed by atoms with Crippen LogP contribution in [0.15, 0.2) is 29.2 Å². The summed E-state index contributed by atoms with van der Waals surface area (Å²) in [5.74, 6) is 4.00. The molecule has 6 nitrogen and oxygen atoms in total. The zero-order valence-corrected chi connectivity index (χ0v) is 19.5. The van der Waals surface area contributed by atoms with Crippen LogP contribution in [0.5, 0.6) is 0 Å². The van der Waals surface area contributed by atoms with E-state index in [1.54, 1.807) is 0 Å². The molecule has 7 rings (SSSR count). The Bertz CT molecular complexity index is 1110. The van der Waals surface area contributed by atoms with E-state index in [2.05, 4.69) is 22.3 Å². The number of aromatic nitrogens is 2. The molecule has 2 N–H and O–H groups in total. The van der Waals surface area contributed by atoms with Crippen LogP contribution in [-0.2, 0) is 16.2 Å². The maximum Gasteiger partial charge on any atom is 0.227 e. The van der Waals surface area contributed by atoms with Crippen molar-refractivity contribution in [1.29, 1.82) is 0 Å². The summed E-state index contributed by atoms with van der Waals surface area (Å²) < 4.78 is 13.0. The minimum absolute atomic E-state index is 0.00517. The molecule has 32 heavy (non-hydrogen) atoms. The van der Waals surface area contributed by atoms with Gasteiger partial charge in [-0.15, -0.1) is 0 Å². The predicted molar refractivity (Wildman–Crippen MR) is 125 cm³/mol. The molecule has 0 radical (unpaired) electrons. The topological polar surface area (TPSA) is 78.4 Å². The third kappa shape index (κ3) is 2.83. The number of fused-ring (bicyclic) bond motifs is 3. The molecule has 3 saturated carbocycles. The first kappa shape index (κ1) is 19.7. The Labute approximate surface area is 195 Å². The minimum atomic E-state index is -1.07. The van der Waals surface area contributed by atoms with Gasteiger partial charge in [0.2, 0.25) is 5.95 Å². The van der Waals surface area contributed by atoms with Gasteiger partial charge in [-0.25, -0.2) is 4.98 Å². The molecule has 5 aliphatic rings. The molecule has 3 atom stereocenters. The standard InChI is InChI=1S/C24H27ClN4O2S/c25-15-4-2-14(3-5-15)18-16-10-29(11-17(16)18)22-26-20-19(32(31)13-23(20)8-9-23)21(27-22)28-24(12-30)6-1-7-24/h2-5,16-18,30H,1,6-13H2,(H,26,27,28). The van der Waals surface area contributed by atoms with Gasteiger partial charge in [0.15, 0.2) is 0 Å². The fourth-order valence-corrected chi connectivity index (χ4v) is 8.20. The molecule has 4 fully saturated rings. The van der Waals surface area contributed by atoms with Crippen molar-refractivity contribution in [2.75, 3.05) is 35.7 Å². The quantitative estimate of drug-likeness (QED) is 0.696. The van der Waals surface area contributed by atoms with Crippen molar-refractivity contribution in [3.8, 4) is 0 Å². The van der Waals surface area contributed by atoms with Gasteiger partial charge >= 0.3 is 0 Å². The summed E-state index contributed by atoms with van der Waals surface area (Å²) in [6, 6.07) is 8.28. The minimum Gasteiger partial charge on any atom is -0.394 e. The third-order valence-electron chi connectivity index (χ3n) is 8.57. The maximum absolute atomic E-state index is 13.0. The van der Waals surface area contributed by atoms with E-state index < -0.39 is 10.8 Å². The summed E-state index contributed by atoms with van der Waals surface area (Å²) in [5.41, 5.74) is 2.05. The Morgan fingerprint density at radius 3 is 2.44 bits per heavy atom. The number of benzene rings is 1. The Morgan fingerprint density at radius 1 is 1.12 bits per heavy atom. The molecule has 8 heteroatoms. The van der Waals surface area contributed by atoms with Gasteiger partial charge in [0.25, 0.3) is 0 Å². The van der Waals surface area contributed by atoms with E-state index in [9.17, 15) is 9.32 Å². The van der Waals surface area contributed by atoms with E-state index in [1.807, 2.05) is 12.1 Å². The third-order valence-corrected chi connectivity index (χ3v) is 10.5. The average molecular weight is 471 g/mol. The van der Waals surface area contributed by atoms with Crippen LogP contribution in [0.1, 0.15) is 49.3 Å². The molecule has 1 aromatic heterocycles. The number of hydrogen-bond acceptors (Lipinski definition) is 6. The lowest BCUT2D eigenvalue weighted by atomic mass is 9.77. The highest BCUT2D eigenvalue weighted by molar-refractivity contribution is 7.85. The zero-order chi connectivity index (χ0) is 21.7. The number of aliphatic hydroxyl groups is 1. The van der Waals surface area contributed by atoms with Gasteiger partial charge in [-0.3, -0.25) is 4.21 Å². The summed E-state index contributed by atoms with van der Waals surface area (Å²) in [6.07, 6.45) is 5.08. The number of nitrogens with zero attached hydrogens (tertiary/aromatic N) is 3. The maximum atomic E-state index is 13.0. The molecule has 2 aromatic rings. The van der Waals surface area contributed by atoms with E-state index in [0.717, 1.165) is 66.8 Å². The first-order valence-corrected chi connectivity index (χ1v) is 13.4. The summed E-state index contributed by atoms with van der Waals surface area (Å²) in [5, 5.41) is 14.3. The lowest BCUT2D eigenvalue weighted by Crippen LogP contribution is -2.48. The van der Waals surface area contributed by atoms with Gasteiger partial charge in [-0.1, -0.05) is 23.7 Å². The SMILES string of the molecule is O=S1CC2(CC2)c2nc(N3CC4C(C3)C4c3ccc(Cl)cc3)nc(NC3(CO)CCC3)c21. The molecule has 3 heterocycles. The molecule has 0 bridgehead atoms. The summed E-state index contributed by atoms with van der Waals surface area (Å²) in [4.78, 5) is 13.1. The lowest BCUT2D eigenvalue weighted by molar-refractivity contribution is 0.143. The normalized spacial score (nSPS) is 32.4. The van der Waals surface area contributed by atoms with Gasteiger partial charge in [-0.05, 0) is 67.6 Å². The van der Waals surface area contributed by atoms with Crippen molar-refractivity contribution in [3.05, 3.63) is 40.5 Å². The number of nitrogens with one attached hydrogen (secondary N) is 1. The lowest BCUT2D eigenvalue weighted by Gasteiger charge is -2.41. The number of hydrogen-bond donors (Lipinski definition) is 2. The number of anilines is 2. The molecule has 0 amide bonds. The molecule has 3 unspecified atom stereocenters. The van der Waals surface area contributed by atoms with Gasteiger partial charge in [-0.2, -0.15) is 4.98 Å². The highest BCUT2D eigenvalue weighted by Gasteiger charge is 2.58. The van der Waals surface area contributed by atoms with Crippen LogP contribution in [0.2, 0.25) is 5.02 Å². The Hall–Kier alpha value is -1.70. The molecular weight excluding hydrogens is 444 g/mol. The molecule has 1 saturated heterocycles. The van der Waals surface area contributed by atoms with Crippen molar-refractivity contribution in [3.63, 3.8) is 0 Å². The summed E-state index contributed by atoms with van der Waals surface area (Å²) in [7, 11) is -1.07.